The van der Waals surface area contributed by atoms with Crippen LogP contribution in [0.15, 0.2) is 36.5 Å². The fourth-order valence-corrected chi connectivity index (χ4v) is 3.03. The Hall–Kier alpha value is -3.61. The average Bonchev–Trinajstić information content (AvgIpc) is 3.10. The molecule has 0 aliphatic carbocycles. The lowest BCUT2D eigenvalue weighted by Gasteiger charge is -2.22. The molecule has 0 aliphatic rings. The minimum atomic E-state index is -3.63. The van der Waals surface area contributed by atoms with Gasteiger partial charge in [-0.3, -0.25) is 9.48 Å². The molecular formula is C20H16F4N4O2. The summed E-state index contributed by atoms with van der Waals surface area (Å²) in [5, 5.41) is 15.9. The van der Waals surface area contributed by atoms with Crippen molar-refractivity contribution in [3.05, 3.63) is 59.3 Å². The maximum atomic E-state index is 14.3. The van der Waals surface area contributed by atoms with E-state index < -0.39 is 41.8 Å². The first kappa shape index (κ1) is 21.1. The molecule has 0 radical (unpaired) electrons. The molecule has 3 rings (SSSR count). The van der Waals surface area contributed by atoms with Crippen LogP contribution in [-0.4, -0.2) is 35.3 Å². The SMILES string of the molecule is COc1c(F)cc([C@@H](CNC(=O)C(C)(F)F)n2ncc3cc(C#N)ccc32)cc1F. The standard InChI is InChI=1S/C20H16F4N4O2/c1-20(23,24)19(29)26-10-17(12-6-14(21)18(30-2)15(22)7-12)28-16-4-3-11(8-25)5-13(16)9-27-28/h3-7,9,17H,10H2,1-2H3,(H,26,29)/t17-/m1/s1. The lowest BCUT2D eigenvalue weighted by atomic mass is 10.0. The summed E-state index contributed by atoms with van der Waals surface area (Å²) in [6.45, 7) is 0.0288. The van der Waals surface area contributed by atoms with Crippen molar-refractivity contribution < 1.29 is 27.1 Å². The van der Waals surface area contributed by atoms with E-state index in [1.807, 2.05) is 6.07 Å². The van der Waals surface area contributed by atoms with E-state index in [9.17, 15) is 22.4 Å². The van der Waals surface area contributed by atoms with Crippen LogP contribution in [0.5, 0.6) is 5.75 Å². The number of fused-ring (bicyclic) bond motifs is 1. The third kappa shape index (κ3) is 4.05. The molecule has 0 unspecified atom stereocenters. The fraction of sp³-hybridized carbons (Fsp3) is 0.250. The van der Waals surface area contributed by atoms with E-state index in [-0.39, 0.29) is 5.56 Å². The molecule has 1 amide bonds. The highest BCUT2D eigenvalue weighted by molar-refractivity contribution is 5.83. The molecule has 3 aromatic rings. The molecule has 1 atom stereocenters. The van der Waals surface area contributed by atoms with E-state index >= 15 is 0 Å². The van der Waals surface area contributed by atoms with Crippen molar-refractivity contribution in [2.24, 2.45) is 0 Å². The van der Waals surface area contributed by atoms with Gasteiger partial charge in [0, 0.05) is 18.9 Å². The Morgan fingerprint density at radius 3 is 2.53 bits per heavy atom. The van der Waals surface area contributed by atoms with Crippen molar-refractivity contribution >= 4 is 16.8 Å². The molecule has 10 heteroatoms. The highest BCUT2D eigenvalue weighted by Gasteiger charge is 2.33. The van der Waals surface area contributed by atoms with E-state index in [0.717, 1.165) is 19.2 Å². The molecule has 0 saturated carbocycles. The number of alkyl halides is 2. The predicted molar refractivity (Wildman–Crippen MR) is 99.1 cm³/mol. The number of aromatic nitrogens is 2. The van der Waals surface area contributed by atoms with E-state index in [0.29, 0.717) is 23.4 Å². The number of carbonyl (C=O) groups excluding carboxylic acids is 1. The van der Waals surface area contributed by atoms with Gasteiger partial charge in [-0.1, -0.05) is 0 Å². The topological polar surface area (TPSA) is 79.9 Å². The number of halogens is 4. The Morgan fingerprint density at radius 2 is 1.97 bits per heavy atom. The van der Waals surface area contributed by atoms with Crippen LogP contribution in [0, 0.1) is 23.0 Å². The van der Waals surface area contributed by atoms with E-state index in [2.05, 4.69) is 15.2 Å². The number of hydrogen-bond donors (Lipinski definition) is 1. The normalized spacial score (nSPS) is 12.4. The summed E-state index contributed by atoms with van der Waals surface area (Å²) >= 11 is 0. The van der Waals surface area contributed by atoms with Gasteiger partial charge >= 0.3 is 5.92 Å². The Labute approximate surface area is 168 Å². The monoisotopic (exact) mass is 420 g/mol. The average molecular weight is 420 g/mol. The number of ether oxygens (including phenoxy) is 1. The van der Waals surface area contributed by atoms with Crippen LogP contribution < -0.4 is 10.1 Å². The zero-order chi connectivity index (χ0) is 22.1. The summed E-state index contributed by atoms with van der Waals surface area (Å²) in [4.78, 5) is 11.7. The third-order valence-corrected chi connectivity index (χ3v) is 4.48. The van der Waals surface area contributed by atoms with Crippen LogP contribution in [0.2, 0.25) is 0 Å². The van der Waals surface area contributed by atoms with Crippen LogP contribution in [0.1, 0.15) is 24.1 Å². The molecule has 156 valence electrons. The van der Waals surface area contributed by atoms with Crippen LogP contribution >= 0.6 is 0 Å². The van der Waals surface area contributed by atoms with Crippen LogP contribution in [-0.2, 0) is 4.79 Å². The maximum Gasteiger partial charge on any atom is 0.321 e. The number of carbonyl (C=O) groups is 1. The number of rotatable bonds is 6. The number of nitrogens with zero attached hydrogens (tertiary/aromatic N) is 3. The van der Waals surface area contributed by atoms with Gasteiger partial charge < -0.3 is 10.1 Å². The van der Waals surface area contributed by atoms with Gasteiger partial charge in [0.1, 0.15) is 0 Å². The van der Waals surface area contributed by atoms with Crippen molar-refractivity contribution in [2.45, 2.75) is 18.9 Å². The van der Waals surface area contributed by atoms with Crippen LogP contribution in [0.25, 0.3) is 10.9 Å². The van der Waals surface area contributed by atoms with Crippen LogP contribution in [0.4, 0.5) is 17.6 Å². The number of methoxy groups -OCH3 is 1. The summed E-state index contributed by atoms with van der Waals surface area (Å²) in [7, 11) is 1.11. The lowest BCUT2D eigenvalue weighted by Crippen LogP contribution is -2.41. The van der Waals surface area contributed by atoms with Crippen LogP contribution in [0.3, 0.4) is 0 Å². The first-order valence-electron chi connectivity index (χ1n) is 8.72. The van der Waals surface area contributed by atoms with Gasteiger partial charge in [0.25, 0.3) is 5.91 Å². The number of hydrogen-bond acceptors (Lipinski definition) is 4. The Bertz CT molecular complexity index is 1120. The van der Waals surface area contributed by atoms with Gasteiger partial charge in [0.2, 0.25) is 0 Å². The molecule has 0 bridgehead atoms. The van der Waals surface area contributed by atoms with Gasteiger partial charge in [-0.05, 0) is 35.9 Å². The van der Waals surface area contributed by atoms with Gasteiger partial charge in [-0.15, -0.1) is 0 Å². The summed E-state index contributed by atoms with van der Waals surface area (Å²) in [6.07, 6.45) is 1.43. The molecule has 30 heavy (non-hydrogen) atoms. The zero-order valence-electron chi connectivity index (χ0n) is 15.9. The second-order valence-electron chi connectivity index (χ2n) is 6.61. The molecular weight excluding hydrogens is 404 g/mol. The lowest BCUT2D eigenvalue weighted by molar-refractivity contribution is -0.143. The van der Waals surface area contributed by atoms with Crippen molar-refractivity contribution in [2.75, 3.05) is 13.7 Å². The van der Waals surface area contributed by atoms with Crippen molar-refractivity contribution in [3.8, 4) is 11.8 Å². The smallest absolute Gasteiger partial charge is 0.321 e. The summed E-state index contributed by atoms with van der Waals surface area (Å²) in [5.74, 6) is -7.74. The van der Waals surface area contributed by atoms with Crippen molar-refractivity contribution in [3.63, 3.8) is 0 Å². The first-order valence-corrected chi connectivity index (χ1v) is 8.72. The molecule has 0 spiro atoms. The van der Waals surface area contributed by atoms with Gasteiger partial charge in [-0.25, -0.2) is 8.78 Å². The van der Waals surface area contributed by atoms with Gasteiger partial charge in [0.15, 0.2) is 17.4 Å². The van der Waals surface area contributed by atoms with E-state index in [4.69, 9.17) is 5.26 Å². The summed E-state index contributed by atoms with van der Waals surface area (Å²) in [6, 6.07) is 7.59. The first-order chi connectivity index (χ1) is 14.2. The Balaban J connectivity index is 2.09. The highest BCUT2D eigenvalue weighted by Crippen LogP contribution is 2.29. The summed E-state index contributed by atoms with van der Waals surface area (Å²) < 4.78 is 61.1. The molecule has 2 aromatic carbocycles. The molecule has 1 aromatic heterocycles. The van der Waals surface area contributed by atoms with Crippen molar-refractivity contribution in [1.29, 1.82) is 5.26 Å². The minimum absolute atomic E-state index is 0.0416. The molecule has 0 fully saturated rings. The minimum Gasteiger partial charge on any atom is -0.491 e. The van der Waals surface area contributed by atoms with Gasteiger partial charge in [0.05, 0.1) is 36.5 Å². The maximum absolute atomic E-state index is 14.3. The second kappa shape index (κ2) is 8.02. The molecule has 6 nitrogen and oxygen atoms in total. The molecule has 1 heterocycles. The van der Waals surface area contributed by atoms with Gasteiger partial charge in [-0.2, -0.15) is 19.1 Å². The largest absolute Gasteiger partial charge is 0.491 e. The number of nitrogens with one attached hydrogen (secondary N) is 1. The number of nitriles is 1. The Morgan fingerprint density at radius 1 is 1.30 bits per heavy atom. The molecule has 1 N–H and O–H groups in total. The molecule has 0 aliphatic heterocycles. The number of amides is 1. The van der Waals surface area contributed by atoms with E-state index in [1.54, 1.807) is 12.1 Å². The second-order valence-corrected chi connectivity index (χ2v) is 6.61. The molecule has 0 saturated heterocycles. The number of benzene rings is 2. The zero-order valence-corrected chi connectivity index (χ0v) is 15.9. The van der Waals surface area contributed by atoms with Crippen molar-refractivity contribution in [1.82, 2.24) is 15.1 Å². The fourth-order valence-electron chi connectivity index (χ4n) is 3.03. The predicted octanol–water partition coefficient (Wildman–Crippen LogP) is 3.56. The highest BCUT2D eigenvalue weighted by atomic mass is 19.3. The summed E-state index contributed by atoms with van der Waals surface area (Å²) in [5.41, 5.74) is 0.895. The van der Waals surface area contributed by atoms with E-state index in [1.165, 1.54) is 16.9 Å². The Kier molecular flexibility index (Phi) is 5.64. The quantitative estimate of drug-likeness (QED) is 0.619. The third-order valence-electron chi connectivity index (χ3n) is 4.48.